The Morgan fingerprint density at radius 2 is 2.21 bits per heavy atom. The van der Waals surface area contributed by atoms with Crippen molar-refractivity contribution in [1.82, 2.24) is 9.55 Å². The summed E-state index contributed by atoms with van der Waals surface area (Å²) in [7, 11) is 0. The molecule has 0 radical (unpaired) electrons. The van der Waals surface area contributed by atoms with E-state index in [-0.39, 0.29) is 17.7 Å². The van der Waals surface area contributed by atoms with E-state index in [1.54, 1.807) is 17.0 Å². The van der Waals surface area contributed by atoms with E-state index in [1.165, 1.54) is 0 Å². The van der Waals surface area contributed by atoms with Gasteiger partial charge in [-0.2, -0.15) is 0 Å². The molecular weight excluding hydrogens is 242 g/mol. The fraction of sp³-hybridized carbons (Fsp3) is 0.714. The number of aliphatic hydroxyl groups excluding tert-OH is 1. The Labute approximate surface area is 113 Å². The fourth-order valence-electron chi connectivity index (χ4n) is 2.67. The monoisotopic (exact) mass is 265 g/mol. The molecule has 1 fully saturated rings. The van der Waals surface area contributed by atoms with E-state index in [9.17, 15) is 9.90 Å². The zero-order valence-electron chi connectivity index (χ0n) is 11.7. The van der Waals surface area contributed by atoms with E-state index in [4.69, 9.17) is 0 Å². The summed E-state index contributed by atoms with van der Waals surface area (Å²) < 4.78 is 1.62. The molecule has 2 rings (SSSR count). The molecular formula is C14H23N3O2. The van der Waals surface area contributed by atoms with Crippen LogP contribution in [0.5, 0.6) is 0 Å². The maximum Gasteiger partial charge on any atom is 0.293 e. The van der Waals surface area contributed by atoms with Gasteiger partial charge >= 0.3 is 0 Å². The summed E-state index contributed by atoms with van der Waals surface area (Å²) in [6, 6.07) is 0. The van der Waals surface area contributed by atoms with Crippen molar-refractivity contribution < 1.29 is 5.11 Å². The van der Waals surface area contributed by atoms with Crippen LogP contribution >= 0.6 is 0 Å². The lowest BCUT2D eigenvalue weighted by molar-refractivity contribution is 0.155. The van der Waals surface area contributed by atoms with Gasteiger partial charge in [0, 0.05) is 18.9 Å². The molecule has 1 aliphatic rings. The first-order valence-electron chi connectivity index (χ1n) is 7.05. The number of anilines is 1. The first-order valence-corrected chi connectivity index (χ1v) is 7.05. The second-order valence-corrected chi connectivity index (χ2v) is 5.61. The topological polar surface area (TPSA) is 67.2 Å². The Morgan fingerprint density at radius 3 is 2.79 bits per heavy atom. The van der Waals surface area contributed by atoms with E-state index in [0.29, 0.717) is 18.3 Å². The van der Waals surface area contributed by atoms with Crippen LogP contribution in [0, 0.1) is 5.92 Å². The van der Waals surface area contributed by atoms with Crippen LogP contribution in [0.15, 0.2) is 17.2 Å². The summed E-state index contributed by atoms with van der Waals surface area (Å²) in [6.07, 6.45) is 7.22. The van der Waals surface area contributed by atoms with Gasteiger partial charge in [-0.25, -0.2) is 4.98 Å². The van der Waals surface area contributed by atoms with Crippen molar-refractivity contribution in [1.29, 1.82) is 0 Å². The van der Waals surface area contributed by atoms with E-state index >= 15 is 0 Å². The summed E-state index contributed by atoms with van der Waals surface area (Å²) in [6.45, 7) is 4.82. The maximum absolute atomic E-state index is 12.2. The second-order valence-electron chi connectivity index (χ2n) is 5.61. The molecule has 0 unspecified atom stereocenters. The summed E-state index contributed by atoms with van der Waals surface area (Å²) in [5.41, 5.74) is -0.498. The van der Waals surface area contributed by atoms with Crippen LogP contribution in [-0.4, -0.2) is 26.8 Å². The van der Waals surface area contributed by atoms with Crippen LogP contribution in [-0.2, 0) is 6.54 Å². The summed E-state index contributed by atoms with van der Waals surface area (Å²) >= 11 is 0. The van der Waals surface area contributed by atoms with Crippen LogP contribution < -0.4 is 10.9 Å². The molecule has 19 heavy (non-hydrogen) atoms. The molecule has 0 saturated heterocycles. The van der Waals surface area contributed by atoms with Gasteiger partial charge in [0.15, 0.2) is 5.82 Å². The molecule has 5 heteroatoms. The largest absolute Gasteiger partial charge is 0.394 e. The molecule has 1 saturated carbocycles. The number of aromatic nitrogens is 2. The number of hydrogen-bond acceptors (Lipinski definition) is 4. The number of nitrogens with one attached hydrogen (secondary N) is 1. The normalized spacial score (nSPS) is 27.2. The van der Waals surface area contributed by atoms with Gasteiger partial charge in [0.2, 0.25) is 0 Å². The van der Waals surface area contributed by atoms with Crippen molar-refractivity contribution in [3.8, 4) is 0 Å². The van der Waals surface area contributed by atoms with Crippen LogP contribution in [0.4, 0.5) is 5.82 Å². The highest BCUT2D eigenvalue weighted by Crippen LogP contribution is 2.33. The summed E-state index contributed by atoms with van der Waals surface area (Å²) in [5, 5.41) is 12.9. The Bertz CT molecular complexity index is 476. The number of hydrogen-bond donors (Lipinski definition) is 2. The SMILES string of the molecule is CCn1ccnc(NC2(CO)CCC(C)CC2)c1=O. The minimum atomic E-state index is -0.383. The molecule has 1 aromatic rings. The lowest BCUT2D eigenvalue weighted by atomic mass is 9.77. The Balaban J connectivity index is 2.21. The predicted octanol–water partition coefficient (Wildman–Crippen LogP) is 1.62. The first kappa shape index (κ1) is 14.1. The number of aryl methyl sites for hydroxylation is 1. The third-order valence-electron chi connectivity index (χ3n) is 4.17. The van der Waals surface area contributed by atoms with Gasteiger partial charge in [-0.15, -0.1) is 0 Å². The highest BCUT2D eigenvalue weighted by Gasteiger charge is 2.34. The van der Waals surface area contributed by atoms with Crippen LogP contribution in [0.2, 0.25) is 0 Å². The third kappa shape index (κ3) is 2.97. The Hall–Kier alpha value is -1.36. The highest BCUT2D eigenvalue weighted by atomic mass is 16.3. The Morgan fingerprint density at radius 1 is 1.53 bits per heavy atom. The lowest BCUT2D eigenvalue weighted by Crippen LogP contribution is -2.47. The number of rotatable bonds is 4. The smallest absolute Gasteiger partial charge is 0.293 e. The van der Waals surface area contributed by atoms with Crippen molar-refractivity contribution >= 4 is 5.82 Å². The van der Waals surface area contributed by atoms with Gasteiger partial charge in [-0.3, -0.25) is 4.79 Å². The molecule has 5 nitrogen and oxygen atoms in total. The molecule has 1 aromatic heterocycles. The quantitative estimate of drug-likeness (QED) is 0.868. The van der Waals surface area contributed by atoms with E-state index in [2.05, 4.69) is 17.2 Å². The van der Waals surface area contributed by atoms with Gasteiger partial charge in [0.25, 0.3) is 5.56 Å². The van der Waals surface area contributed by atoms with Gasteiger partial charge in [0.1, 0.15) is 0 Å². The van der Waals surface area contributed by atoms with Gasteiger partial charge < -0.3 is 15.0 Å². The molecule has 1 aliphatic carbocycles. The van der Waals surface area contributed by atoms with Crippen LogP contribution in [0.3, 0.4) is 0 Å². The molecule has 0 bridgehead atoms. The number of aliphatic hydroxyl groups is 1. The van der Waals surface area contributed by atoms with E-state index in [1.807, 2.05) is 6.92 Å². The molecule has 0 aromatic carbocycles. The first-order chi connectivity index (χ1) is 9.10. The standard InChI is InChI=1S/C14H23N3O2/c1-3-17-9-8-15-12(13(17)19)16-14(10-18)6-4-11(2)5-7-14/h8-9,11,18H,3-7,10H2,1-2H3,(H,15,16). The van der Waals surface area contributed by atoms with Crippen molar-refractivity contribution in [3.05, 3.63) is 22.7 Å². The number of nitrogens with zero attached hydrogens (tertiary/aromatic N) is 2. The molecule has 0 amide bonds. The Kier molecular flexibility index (Phi) is 4.24. The maximum atomic E-state index is 12.2. The van der Waals surface area contributed by atoms with Crippen LogP contribution in [0.25, 0.3) is 0 Å². The highest BCUT2D eigenvalue weighted by molar-refractivity contribution is 5.35. The third-order valence-corrected chi connectivity index (χ3v) is 4.17. The zero-order valence-corrected chi connectivity index (χ0v) is 11.7. The molecule has 0 atom stereocenters. The van der Waals surface area contributed by atoms with E-state index < -0.39 is 0 Å². The molecule has 1 heterocycles. The molecule has 0 aliphatic heterocycles. The van der Waals surface area contributed by atoms with E-state index in [0.717, 1.165) is 25.7 Å². The average Bonchev–Trinajstić information content (AvgIpc) is 2.44. The van der Waals surface area contributed by atoms with Gasteiger partial charge in [-0.05, 0) is 38.5 Å². The minimum absolute atomic E-state index is 0.0435. The lowest BCUT2D eigenvalue weighted by Gasteiger charge is -2.38. The van der Waals surface area contributed by atoms with Crippen molar-refractivity contribution in [3.63, 3.8) is 0 Å². The summed E-state index contributed by atoms with van der Waals surface area (Å²) in [5.74, 6) is 1.05. The summed E-state index contributed by atoms with van der Waals surface area (Å²) in [4.78, 5) is 16.3. The second kappa shape index (κ2) is 5.74. The van der Waals surface area contributed by atoms with Crippen molar-refractivity contribution in [2.45, 2.75) is 51.6 Å². The fourth-order valence-corrected chi connectivity index (χ4v) is 2.67. The zero-order chi connectivity index (χ0) is 13.9. The van der Waals surface area contributed by atoms with Gasteiger partial charge in [-0.1, -0.05) is 6.92 Å². The van der Waals surface area contributed by atoms with Gasteiger partial charge in [0.05, 0.1) is 12.1 Å². The molecule has 0 spiro atoms. The predicted molar refractivity (Wildman–Crippen MR) is 75.2 cm³/mol. The van der Waals surface area contributed by atoms with Crippen molar-refractivity contribution in [2.75, 3.05) is 11.9 Å². The van der Waals surface area contributed by atoms with Crippen molar-refractivity contribution in [2.24, 2.45) is 5.92 Å². The van der Waals surface area contributed by atoms with Crippen LogP contribution in [0.1, 0.15) is 39.5 Å². The average molecular weight is 265 g/mol. The molecule has 106 valence electrons. The minimum Gasteiger partial charge on any atom is -0.394 e. The molecule has 2 N–H and O–H groups in total.